The lowest BCUT2D eigenvalue weighted by atomic mass is 9.85. The normalized spacial score (nSPS) is 36.9. The predicted octanol–water partition coefficient (Wildman–Crippen LogP) is 0.881. The lowest BCUT2D eigenvalue weighted by Gasteiger charge is -2.25. The van der Waals surface area contributed by atoms with Gasteiger partial charge in [-0.15, -0.1) is 0 Å². The van der Waals surface area contributed by atoms with Crippen LogP contribution in [0.5, 0.6) is 0 Å². The Kier molecular flexibility index (Phi) is 1.58. The summed E-state index contributed by atoms with van der Waals surface area (Å²) in [5.74, 6) is 0.00810. The Balaban J connectivity index is 2.60. The van der Waals surface area contributed by atoms with E-state index in [0.29, 0.717) is 12.8 Å². The van der Waals surface area contributed by atoms with Crippen LogP contribution in [0.25, 0.3) is 0 Å². The second-order valence-corrected chi connectivity index (χ2v) is 2.90. The molecule has 0 aromatic heterocycles. The Morgan fingerprint density at radius 2 is 2.22 bits per heavy atom. The largest absolute Gasteiger partial charge is 0.382 e. The zero-order valence-corrected chi connectivity index (χ0v) is 5.68. The minimum Gasteiger partial charge on any atom is -0.382 e. The Labute approximate surface area is 54.9 Å². The standard InChI is InChI=1S/C7H12O2/c1-7(9)5-3-2-4-6(7)8/h9H,2-5H2,1H3/t7-/m0/s1. The van der Waals surface area contributed by atoms with Crippen LogP contribution in [0.2, 0.25) is 0 Å². The van der Waals surface area contributed by atoms with E-state index in [1.807, 2.05) is 0 Å². The van der Waals surface area contributed by atoms with E-state index in [-0.39, 0.29) is 5.78 Å². The molecule has 52 valence electrons. The first kappa shape index (κ1) is 6.75. The van der Waals surface area contributed by atoms with Crippen molar-refractivity contribution in [2.45, 2.75) is 38.2 Å². The van der Waals surface area contributed by atoms with Gasteiger partial charge in [-0.05, 0) is 26.2 Å². The summed E-state index contributed by atoms with van der Waals surface area (Å²) in [6.07, 6.45) is 3.15. The van der Waals surface area contributed by atoms with E-state index >= 15 is 0 Å². The summed E-state index contributed by atoms with van der Waals surface area (Å²) in [5.41, 5.74) is -1.00. The van der Waals surface area contributed by atoms with Crippen molar-refractivity contribution in [1.29, 1.82) is 0 Å². The van der Waals surface area contributed by atoms with E-state index in [4.69, 9.17) is 0 Å². The van der Waals surface area contributed by atoms with Crippen molar-refractivity contribution >= 4 is 5.78 Å². The van der Waals surface area contributed by atoms with Crippen LogP contribution < -0.4 is 0 Å². The summed E-state index contributed by atoms with van der Waals surface area (Å²) < 4.78 is 0. The number of ketones is 1. The fraction of sp³-hybridized carbons (Fsp3) is 0.857. The molecule has 0 amide bonds. The Morgan fingerprint density at radius 1 is 1.56 bits per heavy atom. The maximum atomic E-state index is 10.9. The first-order chi connectivity index (χ1) is 4.13. The van der Waals surface area contributed by atoms with Gasteiger partial charge in [0.2, 0.25) is 0 Å². The molecule has 2 nitrogen and oxygen atoms in total. The summed E-state index contributed by atoms with van der Waals surface area (Å²) >= 11 is 0. The maximum absolute atomic E-state index is 10.9. The second-order valence-electron chi connectivity index (χ2n) is 2.90. The molecule has 0 heterocycles. The van der Waals surface area contributed by atoms with E-state index in [0.717, 1.165) is 12.8 Å². The molecular formula is C7H12O2. The number of rotatable bonds is 0. The predicted molar refractivity (Wildman–Crippen MR) is 34.1 cm³/mol. The van der Waals surface area contributed by atoms with Gasteiger partial charge in [0.1, 0.15) is 5.60 Å². The molecule has 0 saturated heterocycles. The van der Waals surface area contributed by atoms with Crippen molar-refractivity contribution in [2.24, 2.45) is 0 Å². The summed E-state index contributed by atoms with van der Waals surface area (Å²) in [6.45, 7) is 1.61. The van der Waals surface area contributed by atoms with Gasteiger partial charge in [-0.3, -0.25) is 4.79 Å². The molecular weight excluding hydrogens is 116 g/mol. The third-order valence-electron chi connectivity index (χ3n) is 1.92. The van der Waals surface area contributed by atoms with Gasteiger partial charge in [-0.25, -0.2) is 0 Å². The molecule has 0 spiro atoms. The molecule has 1 rings (SSSR count). The van der Waals surface area contributed by atoms with Crippen LogP contribution in [0.15, 0.2) is 0 Å². The van der Waals surface area contributed by atoms with Crippen LogP contribution >= 0.6 is 0 Å². The van der Waals surface area contributed by atoms with Crippen molar-refractivity contribution in [2.75, 3.05) is 0 Å². The van der Waals surface area contributed by atoms with Gasteiger partial charge < -0.3 is 5.11 Å². The van der Waals surface area contributed by atoms with Crippen LogP contribution in [0.1, 0.15) is 32.6 Å². The first-order valence-corrected chi connectivity index (χ1v) is 3.38. The fourth-order valence-corrected chi connectivity index (χ4v) is 1.16. The number of Topliss-reactive ketones (excluding diaryl/α,β-unsaturated/α-hetero) is 1. The van der Waals surface area contributed by atoms with Gasteiger partial charge in [0.15, 0.2) is 5.78 Å². The first-order valence-electron chi connectivity index (χ1n) is 3.38. The summed E-state index contributed by atoms with van der Waals surface area (Å²) in [6, 6.07) is 0. The Hall–Kier alpha value is -0.370. The summed E-state index contributed by atoms with van der Waals surface area (Å²) in [7, 11) is 0. The zero-order chi connectivity index (χ0) is 6.91. The van der Waals surface area contributed by atoms with Crippen molar-refractivity contribution in [3.63, 3.8) is 0 Å². The summed E-state index contributed by atoms with van der Waals surface area (Å²) in [4.78, 5) is 10.9. The molecule has 1 fully saturated rings. The quantitative estimate of drug-likeness (QED) is 0.526. The molecule has 1 atom stereocenters. The highest BCUT2D eigenvalue weighted by atomic mass is 16.3. The fourth-order valence-electron chi connectivity index (χ4n) is 1.16. The van der Waals surface area contributed by atoms with Gasteiger partial charge in [0.25, 0.3) is 0 Å². The van der Waals surface area contributed by atoms with Crippen LogP contribution in [-0.4, -0.2) is 16.5 Å². The van der Waals surface area contributed by atoms with Crippen LogP contribution in [0, 0.1) is 0 Å². The van der Waals surface area contributed by atoms with Gasteiger partial charge >= 0.3 is 0 Å². The molecule has 1 N–H and O–H groups in total. The van der Waals surface area contributed by atoms with E-state index < -0.39 is 5.60 Å². The molecule has 1 saturated carbocycles. The molecule has 2 heteroatoms. The molecule has 0 unspecified atom stereocenters. The smallest absolute Gasteiger partial charge is 0.164 e. The Bertz CT molecular complexity index is 127. The molecule has 0 aromatic rings. The van der Waals surface area contributed by atoms with E-state index in [1.54, 1.807) is 6.92 Å². The zero-order valence-electron chi connectivity index (χ0n) is 5.68. The molecule has 1 aliphatic rings. The van der Waals surface area contributed by atoms with Crippen LogP contribution in [0.4, 0.5) is 0 Å². The molecule has 0 radical (unpaired) electrons. The van der Waals surface area contributed by atoms with E-state index in [2.05, 4.69) is 0 Å². The average Bonchev–Trinajstić information content (AvgIpc) is 1.77. The highest BCUT2D eigenvalue weighted by Crippen LogP contribution is 2.23. The topological polar surface area (TPSA) is 37.3 Å². The molecule has 0 aromatic carbocycles. The number of carbonyl (C=O) groups is 1. The van der Waals surface area contributed by atoms with Crippen molar-refractivity contribution in [1.82, 2.24) is 0 Å². The third kappa shape index (κ3) is 1.30. The van der Waals surface area contributed by atoms with Crippen LogP contribution in [0.3, 0.4) is 0 Å². The second kappa shape index (κ2) is 2.10. The minimum atomic E-state index is -1.00. The van der Waals surface area contributed by atoms with E-state index in [9.17, 15) is 9.90 Å². The third-order valence-corrected chi connectivity index (χ3v) is 1.92. The average molecular weight is 128 g/mol. The molecule has 0 aliphatic heterocycles. The molecule has 9 heavy (non-hydrogen) atoms. The Morgan fingerprint density at radius 3 is 2.56 bits per heavy atom. The van der Waals surface area contributed by atoms with Crippen molar-refractivity contribution in [3.05, 3.63) is 0 Å². The number of hydrogen-bond donors (Lipinski definition) is 1. The lowest BCUT2D eigenvalue weighted by molar-refractivity contribution is -0.138. The van der Waals surface area contributed by atoms with Gasteiger partial charge in [-0.1, -0.05) is 0 Å². The number of hydrogen-bond acceptors (Lipinski definition) is 2. The highest BCUT2D eigenvalue weighted by Gasteiger charge is 2.31. The van der Waals surface area contributed by atoms with Gasteiger partial charge in [0.05, 0.1) is 0 Å². The van der Waals surface area contributed by atoms with Crippen LogP contribution in [-0.2, 0) is 4.79 Å². The lowest BCUT2D eigenvalue weighted by Crippen LogP contribution is -2.37. The van der Waals surface area contributed by atoms with Gasteiger partial charge in [-0.2, -0.15) is 0 Å². The number of aliphatic hydroxyl groups is 1. The van der Waals surface area contributed by atoms with E-state index in [1.165, 1.54) is 0 Å². The summed E-state index contributed by atoms with van der Waals surface area (Å²) in [5, 5.41) is 9.29. The SMILES string of the molecule is C[C@]1(O)CCCCC1=O. The maximum Gasteiger partial charge on any atom is 0.164 e. The minimum absolute atomic E-state index is 0.00810. The van der Waals surface area contributed by atoms with Gasteiger partial charge in [0, 0.05) is 6.42 Å². The molecule has 0 bridgehead atoms. The molecule has 1 aliphatic carbocycles. The highest BCUT2D eigenvalue weighted by molar-refractivity contribution is 5.87. The number of carbonyl (C=O) groups excluding carboxylic acids is 1. The van der Waals surface area contributed by atoms with Crippen molar-refractivity contribution < 1.29 is 9.90 Å². The monoisotopic (exact) mass is 128 g/mol. The van der Waals surface area contributed by atoms with Crippen molar-refractivity contribution in [3.8, 4) is 0 Å².